The molecule has 6 heteroatoms. The van der Waals surface area contributed by atoms with Gasteiger partial charge in [0.1, 0.15) is 12.4 Å². The molecule has 0 aromatic heterocycles. The third-order valence-corrected chi connectivity index (χ3v) is 5.45. The van der Waals surface area contributed by atoms with Crippen molar-refractivity contribution in [2.45, 2.75) is 52.8 Å². The maximum absolute atomic E-state index is 14.1. The number of alkyl halides is 2. The number of carbonyl (C=O) groups is 1. The highest BCUT2D eigenvalue weighted by molar-refractivity contribution is 6.21. The molecule has 1 saturated carbocycles. The summed E-state index contributed by atoms with van der Waals surface area (Å²) < 4.78 is 45.7. The number of hydrogen-bond acceptors (Lipinski definition) is 2. The van der Waals surface area contributed by atoms with Gasteiger partial charge in [0.15, 0.2) is 5.83 Å². The van der Waals surface area contributed by atoms with Gasteiger partial charge in [-0.2, -0.15) is 0 Å². The minimum atomic E-state index is -2.55. The van der Waals surface area contributed by atoms with Crippen molar-refractivity contribution in [2.75, 3.05) is 0 Å². The zero-order chi connectivity index (χ0) is 19.8. The highest BCUT2D eigenvalue weighted by atomic mass is 35.5. The summed E-state index contributed by atoms with van der Waals surface area (Å²) in [6.07, 6.45) is 0. The Morgan fingerprint density at radius 3 is 2.42 bits per heavy atom. The Labute approximate surface area is 157 Å². The van der Waals surface area contributed by atoms with E-state index in [4.69, 9.17) is 16.3 Å². The number of rotatable bonds is 6. The Balaban J connectivity index is 2.10. The second-order valence-electron chi connectivity index (χ2n) is 7.67. The number of allylic oxidation sites excluding steroid dienone is 2. The van der Waals surface area contributed by atoms with Crippen molar-refractivity contribution in [3.8, 4) is 0 Å². The monoisotopic (exact) mass is 388 g/mol. The molecule has 0 saturated heterocycles. The van der Waals surface area contributed by atoms with Gasteiger partial charge in [-0.25, -0.2) is 13.2 Å². The molecule has 0 N–H and O–H groups in total. The molecule has 2 rings (SSSR count). The van der Waals surface area contributed by atoms with Crippen LogP contribution in [0.15, 0.2) is 29.9 Å². The lowest BCUT2D eigenvalue weighted by Gasteiger charge is -2.14. The van der Waals surface area contributed by atoms with E-state index in [1.807, 2.05) is 25.1 Å². The molecule has 0 amide bonds. The highest BCUT2D eigenvalue weighted by Crippen LogP contribution is 2.63. The lowest BCUT2D eigenvalue weighted by atomic mass is 9.95. The molecule has 0 heterocycles. The largest absolute Gasteiger partial charge is 0.461 e. The van der Waals surface area contributed by atoms with Gasteiger partial charge in [-0.05, 0) is 34.9 Å². The lowest BCUT2D eigenvalue weighted by molar-refractivity contribution is -0.147. The molecular formula is C20H24ClF3O2. The van der Waals surface area contributed by atoms with E-state index in [1.165, 1.54) is 0 Å². The van der Waals surface area contributed by atoms with Crippen LogP contribution in [0.5, 0.6) is 0 Å². The van der Waals surface area contributed by atoms with Crippen molar-refractivity contribution >= 4 is 17.6 Å². The Morgan fingerprint density at radius 2 is 1.88 bits per heavy atom. The third-order valence-electron chi connectivity index (χ3n) is 5.25. The highest BCUT2D eigenvalue weighted by Gasteiger charge is 2.65. The average molecular weight is 389 g/mol. The minimum Gasteiger partial charge on any atom is -0.461 e. The van der Waals surface area contributed by atoms with Gasteiger partial charge in [0, 0.05) is 5.92 Å². The molecule has 1 aliphatic carbocycles. The number of benzene rings is 1. The quantitative estimate of drug-likeness (QED) is 0.433. The fourth-order valence-electron chi connectivity index (χ4n) is 3.53. The minimum absolute atomic E-state index is 0.0551. The molecule has 1 aliphatic rings. The normalized spacial score (nSPS) is 23.5. The number of ether oxygens (including phenoxy) is 1. The van der Waals surface area contributed by atoms with E-state index in [1.54, 1.807) is 13.8 Å². The number of hydrogen-bond donors (Lipinski definition) is 0. The Kier molecular flexibility index (Phi) is 6.11. The maximum atomic E-state index is 14.1. The number of carbonyl (C=O) groups excluding carboxylic acids is 1. The topological polar surface area (TPSA) is 26.3 Å². The van der Waals surface area contributed by atoms with Gasteiger partial charge in [-0.3, -0.25) is 4.79 Å². The first-order valence-electron chi connectivity index (χ1n) is 8.58. The van der Waals surface area contributed by atoms with Crippen LogP contribution < -0.4 is 0 Å². The Morgan fingerprint density at radius 1 is 1.27 bits per heavy atom. The fraction of sp³-hybridized carbons (Fsp3) is 0.550. The van der Waals surface area contributed by atoms with Crippen molar-refractivity contribution in [2.24, 2.45) is 17.3 Å². The summed E-state index contributed by atoms with van der Waals surface area (Å²) in [6, 6.07) is 5.79. The van der Waals surface area contributed by atoms with E-state index in [9.17, 15) is 18.0 Å². The molecule has 26 heavy (non-hydrogen) atoms. The molecule has 0 aliphatic heterocycles. The molecule has 1 aromatic rings. The number of halogens is 4. The van der Waals surface area contributed by atoms with Gasteiger partial charge in [-0.15, -0.1) is 0 Å². The molecule has 3 unspecified atom stereocenters. The summed E-state index contributed by atoms with van der Waals surface area (Å²) in [7, 11) is 0. The zero-order valence-electron chi connectivity index (χ0n) is 15.6. The van der Waals surface area contributed by atoms with Crippen molar-refractivity contribution in [3.05, 3.63) is 46.5 Å². The van der Waals surface area contributed by atoms with Crippen molar-refractivity contribution in [1.82, 2.24) is 0 Å². The van der Waals surface area contributed by atoms with Gasteiger partial charge in [0.05, 0.1) is 5.92 Å². The average Bonchev–Trinajstić information content (AvgIpc) is 3.14. The van der Waals surface area contributed by atoms with Gasteiger partial charge in [0.25, 0.3) is 0 Å². The molecule has 1 fully saturated rings. The predicted octanol–water partition coefficient (Wildman–Crippen LogP) is 6.12. The summed E-state index contributed by atoms with van der Waals surface area (Å²) in [5.74, 6) is -5.18. The van der Waals surface area contributed by atoms with E-state index in [2.05, 4.69) is 13.8 Å². The van der Waals surface area contributed by atoms with Gasteiger partial charge in [-0.1, -0.05) is 57.5 Å². The molecule has 0 spiro atoms. The molecule has 0 bridgehead atoms. The molecular weight excluding hydrogens is 365 g/mol. The van der Waals surface area contributed by atoms with Crippen LogP contribution in [0.1, 0.15) is 50.3 Å². The smallest absolute Gasteiger partial charge is 0.310 e. The van der Waals surface area contributed by atoms with E-state index in [0.29, 0.717) is 5.92 Å². The zero-order valence-corrected chi connectivity index (χ0v) is 16.3. The Bertz CT molecular complexity index is 726. The van der Waals surface area contributed by atoms with Crippen molar-refractivity contribution < 1.29 is 22.7 Å². The van der Waals surface area contributed by atoms with Crippen LogP contribution in [0.4, 0.5) is 13.2 Å². The van der Waals surface area contributed by atoms with Crippen molar-refractivity contribution in [3.63, 3.8) is 0 Å². The maximum Gasteiger partial charge on any atom is 0.310 e. The first-order valence-corrected chi connectivity index (χ1v) is 9.02. The van der Waals surface area contributed by atoms with Crippen LogP contribution in [0, 0.1) is 24.2 Å². The SMILES string of the molecule is Cc1c(COC(=O)C2C(/C(F)=C(/F)C(F)Cl)C2(C)C)cccc1C(C)C. The lowest BCUT2D eigenvalue weighted by Crippen LogP contribution is -2.12. The summed E-state index contributed by atoms with van der Waals surface area (Å²) in [5.41, 5.74) is -0.327. The standard InChI is InChI=1S/C20H24ClF3O2/c1-10(2)13-8-6-7-12(11(13)3)9-26-19(25)15-14(20(15,4)5)16(22)17(23)18(21)24/h6-8,10,14-15,18H,9H2,1-5H3/b17-16-. The number of esters is 1. The second kappa shape index (κ2) is 7.63. The van der Waals surface area contributed by atoms with Crippen LogP contribution in [0.2, 0.25) is 0 Å². The van der Waals surface area contributed by atoms with Gasteiger partial charge < -0.3 is 4.74 Å². The summed E-state index contributed by atoms with van der Waals surface area (Å²) in [5, 5.41) is 0. The van der Waals surface area contributed by atoms with Gasteiger partial charge >= 0.3 is 5.97 Å². The first kappa shape index (κ1) is 20.8. The van der Waals surface area contributed by atoms with Crippen LogP contribution in [-0.2, 0) is 16.1 Å². The summed E-state index contributed by atoms with van der Waals surface area (Å²) in [4.78, 5) is 12.4. The molecule has 3 atom stereocenters. The van der Waals surface area contributed by atoms with Gasteiger partial charge in [0.2, 0.25) is 5.63 Å². The van der Waals surface area contributed by atoms with E-state index in [-0.39, 0.29) is 6.61 Å². The molecule has 1 aromatic carbocycles. The molecule has 2 nitrogen and oxygen atoms in total. The predicted molar refractivity (Wildman–Crippen MR) is 95.8 cm³/mol. The van der Waals surface area contributed by atoms with E-state index >= 15 is 0 Å². The van der Waals surface area contributed by atoms with E-state index in [0.717, 1.165) is 16.7 Å². The van der Waals surface area contributed by atoms with Crippen LogP contribution in [-0.4, -0.2) is 11.6 Å². The molecule has 0 radical (unpaired) electrons. The van der Waals surface area contributed by atoms with Crippen LogP contribution in [0.3, 0.4) is 0 Å². The van der Waals surface area contributed by atoms with Crippen molar-refractivity contribution in [1.29, 1.82) is 0 Å². The molecule has 144 valence electrons. The fourth-order valence-corrected chi connectivity index (χ4v) is 3.63. The second-order valence-corrected chi connectivity index (χ2v) is 8.05. The third kappa shape index (κ3) is 3.93. The van der Waals surface area contributed by atoms with E-state index < -0.39 is 40.5 Å². The first-order chi connectivity index (χ1) is 12.0. The summed E-state index contributed by atoms with van der Waals surface area (Å²) >= 11 is 4.96. The Hall–Kier alpha value is -1.49. The van der Waals surface area contributed by atoms with Crippen LogP contribution >= 0.6 is 11.6 Å². The summed E-state index contributed by atoms with van der Waals surface area (Å²) in [6.45, 7) is 9.40. The van der Waals surface area contributed by atoms with Crippen LogP contribution in [0.25, 0.3) is 0 Å².